The second-order valence-electron chi connectivity index (χ2n) is 5.64. The lowest BCUT2D eigenvalue weighted by atomic mass is 9.83. The second-order valence-corrected chi connectivity index (χ2v) is 5.64. The Morgan fingerprint density at radius 2 is 2.06 bits per heavy atom. The molecule has 0 amide bonds. The van der Waals surface area contributed by atoms with Crippen molar-refractivity contribution in [1.29, 1.82) is 0 Å². The van der Waals surface area contributed by atoms with Gasteiger partial charge in [0, 0.05) is 12.3 Å². The molecule has 0 bridgehead atoms. The number of allylic oxidation sites excluding steroid dienone is 2. The van der Waals surface area contributed by atoms with Crippen LogP contribution in [0.5, 0.6) is 0 Å². The first-order valence-corrected chi connectivity index (χ1v) is 6.70. The first-order chi connectivity index (χ1) is 8.49. The fourth-order valence-corrected chi connectivity index (χ4v) is 2.94. The van der Waals surface area contributed by atoms with E-state index in [-0.39, 0.29) is 23.9 Å². The Labute approximate surface area is 109 Å². The minimum Gasteiger partial charge on any atom is -0.461 e. The van der Waals surface area contributed by atoms with Crippen LogP contribution in [0.3, 0.4) is 0 Å². The van der Waals surface area contributed by atoms with Crippen LogP contribution in [0.1, 0.15) is 40.0 Å². The molecule has 1 heterocycles. The molecule has 4 atom stereocenters. The maximum Gasteiger partial charge on any atom is 0.309 e. The van der Waals surface area contributed by atoms with E-state index in [0.717, 1.165) is 19.3 Å². The van der Waals surface area contributed by atoms with Gasteiger partial charge in [-0.25, -0.2) is 0 Å². The number of aliphatic hydroxyl groups is 1. The smallest absolute Gasteiger partial charge is 0.309 e. The summed E-state index contributed by atoms with van der Waals surface area (Å²) in [6.07, 6.45) is 6.04. The van der Waals surface area contributed by atoms with Gasteiger partial charge in [-0.1, -0.05) is 30.2 Å². The summed E-state index contributed by atoms with van der Waals surface area (Å²) in [6, 6.07) is 0. The van der Waals surface area contributed by atoms with Crippen molar-refractivity contribution in [3.63, 3.8) is 0 Å². The monoisotopic (exact) mass is 250 g/mol. The van der Waals surface area contributed by atoms with Crippen LogP contribution in [0, 0.1) is 11.8 Å². The molecule has 0 saturated carbocycles. The SMILES string of the molecule is C/C1=C\[C@@H](O)[C@H]2[C@H](C/C(C)=C/CC1)OC(=O)[C@@H]2C. The van der Waals surface area contributed by atoms with Crippen LogP contribution in [-0.2, 0) is 9.53 Å². The van der Waals surface area contributed by atoms with Crippen molar-refractivity contribution < 1.29 is 14.6 Å². The molecule has 0 spiro atoms. The van der Waals surface area contributed by atoms with Crippen molar-refractivity contribution in [2.75, 3.05) is 0 Å². The van der Waals surface area contributed by atoms with Crippen LogP contribution in [0.25, 0.3) is 0 Å². The van der Waals surface area contributed by atoms with Gasteiger partial charge in [0.05, 0.1) is 12.0 Å². The van der Waals surface area contributed by atoms with E-state index in [1.54, 1.807) is 0 Å². The molecule has 3 heteroatoms. The molecule has 1 aliphatic carbocycles. The van der Waals surface area contributed by atoms with Crippen molar-refractivity contribution in [1.82, 2.24) is 0 Å². The Balaban J connectivity index is 2.29. The summed E-state index contributed by atoms with van der Waals surface area (Å²) in [6.45, 7) is 5.95. The third-order valence-electron chi connectivity index (χ3n) is 4.05. The van der Waals surface area contributed by atoms with E-state index < -0.39 is 6.10 Å². The Morgan fingerprint density at radius 1 is 1.33 bits per heavy atom. The molecule has 2 rings (SSSR count). The number of carbonyl (C=O) groups excluding carboxylic acids is 1. The van der Waals surface area contributed by atoms with E-state index in [9.17, 15) is 9.90 Å². The van der Waals surface area contributed by atoms with Gasteiger partial charge in [-0.3, -0.25) is 4.79 Å². The van der Waals surface area contributed by atoms with Crippen LogP contribution in [-0.4, -0.2) is 23.3 Å². The maximum absolute atomic E-state index is 11.7. The van der Waals surface area contributed by atoms with Gasteiger partial charge in [0.25, 0.3) is 0 Å². The summed E-state index contributed by atoms with van der Waals surface area (Å²) in [7, 11) is 0. The van der Waals surface area contributed by atoms with E-state index in [0.29, 0.717) is 0 Å². The van der Waals surface area contributed by atoms with E-state index >= 15 is 0 Å². The van der Waals surface area contributed by atoms with Crippen molar-refractivity contribution in [2.24, 2.45) is 11.8 Å². The average molecular weight is 250 g/mol. The fraction of sp³-hybridized carbons (Fsp3) is 0.667. The third kappa shape index (κ3) is 2.66. The van der Waals surface area contributed by atoms with Gasteiger partial charge < -0.3 is 9.84 Å². The molecule has 0 aromatic carbocycles. The Morgan fingerprint density at radius 3 is 2.78 bits per heavy atom. The van der Waals surface area contributed by atoms with Gasteiger partial charge in [0.1, 0.15) is 6.10 Å². The van der Waals surface area contributed by atoms with E-state index in [2.05, 4.69) is 13.0 Å². The number of aliphatic hydroxyl groups excluding tert-OH is 1. The van der Waals surface area contributed by atoms with Gasteiger partial charge >= 0.3 is 5.97 Å². The van der Waals surface area contributed by atoms with E-state index in [1.165, 1.54) is 11.1 Å². The van der Waals surface area contributed by atoms with Gasteiger partial charge in [0.15, 0.2) is 0 Å². The molecule has 2 aliphatic rings. The number of hydrogen-bond donors (Lipinski definition) is 1. The zero-order valence-electron chi connectivity index (χ0n) is 11.3. The maximum atomic E-state index is 11.7. The lowest BCUT2D eigenvalue weighted by Gasteiger charge is -2.24. The van der Waals surface area contributed by atoms with Crippen molar-refractivity contribution in [3.8, 4) is 0 Å². The Kier molecular flexibility index (Phi) is 3.91. The normalized spacial score (nSPS) is 43.2. The minimum atomic E-state index is -0.581. The molecule has 0 radical (unpaired) electrons. The van der Waals surface area contributed by atoms with E-state index in [4.69, 9.17) is 4.74 Å². The molecule has 1 saturated heterocycles. The Bertz CT molecular complexity index is 395. The van der Waals surface area contributed by atoms with Crippen LogP contribution < -0.4 is 0 Å². The molecular weight excluding hydrogens is 228 g/mol. The molecule has 100 valence electrons. The number of hydrogen-bond acceptors (Lipinski definition) is 3. The molecule has 3 nitrogen and oxygen atoms in total. The lowest BCUT2D eigenvalue weighted by Crippen LogP contribution is -2.31. The summed E-state index contributed by atoms with van der Waals surface area (Å²) in [5.41, 5.74) is 2.42. The molecule has 1 fully saturated rings. The van der Waals surface area contributed by atoms with Crippen LogP contribution in [0.15, 0.2) is 23.3 Å². The van der Waals surface area contributed by atoms with Crippen molar-refractivity contribution in [3.05, 3.63) is 23.3 Å². The summed E-state index contributed by atoms with van der Waals surface area (Å²) >= 11 is 0. The highest BCUT2D eigenvalue weighted by molar-refractivity contribution is 5.75. The molecule has 1 N–H and O–H groups in total. The quantitative estimate of drug-likeness (QED) is 0.531. The average Bonchev–Trinajstić information content (AvgIpc) is 2.53. The molecule has 1 aliphatic heterocycles. The minimum absolute atomic E-state index is 0.117. The van der Waals surface area contributed by atoms with Gasteiger partial charge in [-0.2, -0.15) is 0 Å². The summed E-state index contributed by atoms with van der Waals surface area (Å²) in [5.74, 6) is -0.516. The zero-order valence-corrected chi connectivity index (χ0v) is 11.3. The highest BCUT2D eigenvalue weighted by Crippen LogP contribution is 2.35. The first-order valence-electron chi connectivity index (χ1n) is 6.70. The van der Waals surface area contributed by atoms with Crippen LogP contribution >= 0.6 is 0 Å². The molecular formula is C15H22O3. The fourth-order valence-electron chi connectivity index (χ4n) is 2.94. The Hall–Kier alpha value is -1.09. The largest absolute Gasteiger partial charge is 0.461 e. The number of esters is 1. The number of ether oxygens (including phenoxy) is 1. The van der Waals surface area contributed by atoms with Crippen molar-refractivity contribution in [2.45, 2.75) is 52.2 Å². The van der Waals surface area contributed by atoms with Gasteiger partial charge in [0.2, 0.25) is 0 Å². The van der Waals surface area contributed by atoms with Gasteiger partial charge in [-0.15, -0.1) is 0 Å². The standard InChI is InChI=1S/C15H22O3/c1-9-5-4-6-10(2)8-13-14(12(16)7-9)11(3)15(17)18-13/h6-7,11-14,16H,4-5,8H2,1-3H3/b9-7+,10-6+/t11-,12-,13+,14+/m1/s1. The first kappa shape index (κ1) is 13.3. The summed E-state index contributed by atoms with van der Waals surface area (Å²) < 4.78 is 5.42. The summed E-state index contributed by atoms with van der Waals surface area (Å²) in [5, 5.41) is 10.3. The van der Waals surface area contributed by atoms with E-state index in [1.807, 2.05) is 19.9 Å². The topological polar surface area (TPSA) is 46.5 Å². The summed E-state index contributed by atoms with van der Waals surface area (Å²) in [4.78, 5) is 11.7. The van der Waals surface area contributed by atoms with Crippen molar-refractivity contribution >= 4 is 5.97 Å². The zero-order chi connectivity index (χ0) is 13.3. The highest BCUT2D eigenvalue weighted by Gasteiger charge is 2.44. The number of rotatable bonds is 0. The third-order valence-corrected chi connectivity index (χ3v) is 4.05. The van der Waals surface area contributed by atoms with Crippen LogP contribution in [0.4, 0.5) is 0 Å². The molecule has 0 aromatic rings. The number of fused-ring (bicyclic) bond motifs is 1. The lowest BCUT2D eigenvalue weighted by molar-refractivity contribution is -0.143. The van der Waals surface area contributed by atoms with Gasteiger partial charge in [-0.05, 0) is 26.7 Å². The highest BCUT2D eigenvalue weighted by atomic mass is 16.6. The molecule has 18 heavy (non-hydrogen) atoms. The van der Waals surface area contributed by atoms with Crippen LogP contribution in [0.2, 0.25) is 0 Å². The number of carbonyl (C=O) groups is 1. The second kappa shape index (κ2) is 5.27. The molecule has 0 unspecified atom stereocenters. The molecule has 0 aromatic heterocycles. The predicted octanol–water partition coefficient (Wildman–Crippen LogP) is 2.60. The predicted molar refractivity (Wildman–Crippen MR) is 69.9 cm³/mol.